The van der Waals surface area contributed by atoms with Gasteiger partial charge in [0.1, 0.15) is 11.3 Å². The number of carbonyl (C=O) groups excluding carboxylic acids is 2. The second kappa shape index (κ2) is 10.8. The molecule has 2 saturated heterocycles. The highest BCUT2D eigenvalue weighted by Gasteiger charge is 2.56. The fourth-order valence-electron chi connectivity index (χ4n) is 6.00. The molecule has 2 aliphatic heterocycles. The minimum Gasteiger partial charge on any atom is -0.360 e. The predicted molar refractivity (Wildman–Crippen MR) is 184 cm³/mol. The first-order chi connectivity index (χ1) is 20.6. The van der Waals surface area contributed by atoms with Crippen molar-refractivity contribution in [2.24, 2.45) is 11.8 Å². The molecule has 242 valence electrons. The first-order valence-corrected chi connectivity index (χ1v) is 19.2. The third kappa shape index (κ3) is 5.84. The smallest absolute Gasteiger partial charge is 0.225 e. The van der Waals surface area contributed by atoms with Gasteiger partial charge in [-0.15, -0.1) is 0 Å². The van der Waals surface area contributed by atoms with Crippen molar-refractivity contribution in [2.75, 3.05) is 0 Å². The number of fused-ring (bicyclic) bond motifs is 2. The minimum absolute atomic E-state index is 0.0103. The van der Waals surface area contributed by atoms with E-state index in [1.54, 1.807) is 0 Å². The maximum absolute atomic E-state index is 12.8. The van der Waals surface area contributed by atoms with Gasteiger partial charge in [0, 0.05) is 24.8 Å². The summed E-state index contributed by atoms with van der Waals surface area (Å²) in [6.07, 6.45) is 8.44. The molecule has 4 atom stereocenters. The molecule has 2 fully saturated rings. The third-order valence-corrected chi connectivity index (χ3v) is 15.7. The number of β-lactam (4-membered cyclic amide) rings is 2. The average Bonchev–Trinajstić information content (AvgIpc) is 3.54. The Balaban J connectivity index is 0.000000186. The van der Waals surface area contributed by atoms with Crippen LogP contribution in [-0.4, -0.2) is 43.4 Å². The van der Waals surface area contributed by atoms with Crippen molar-refractivity contribution in [1.82, 2.24) is 28.7 Å². The van der Waals surface area contributed by atoms with Crippen LogP contribution in [0.15, 0.2) is 49.1 Å². The summed E-state index contributed by atoms with van der Waals surface area (Å²) in [5.41, 5.74) is 6.63. The van der Waals surface area contributed by atoms with Crippen LogP contribution in [0.5, 0.6) is 0 Å². The summed E-state index contributed by atoms with van der Waals surface area (Å²) in [7, 11) is -1.93. The summed E-state index contributed by atoms with van der Waals surface area (Å²) in [4.78, 5) is 33.5. The number of imidazole rings is 2. The van der Waals surface area contributed by atoms with Gasteiger partial charge in [-0.2, -0.15) is 0 Å². The Morgan fingerprint density at radius 1 is 0.689 bits per heavy atom. The lowest BCUT2D eigenvalue weighted by Crippen LogP contribution is -2.68. The van der Waals surface area contributed by atoms with Crippen LogP contribution in [0.2, 0.25) is 18.1 Å². The first-order valence-electron chi connectivity index (χ1n) is 16.2. The van der Waals surface area contributed by atoms with E-state index in [1.165, 1.54) is 11.1 Å². The van der Waals surface area contributed by atoms with E-state index in [4.69, 9.17) is 4.98 Å². The molecule has 4 aromatic rings. The molecule has 8 nitrogen and oxygen atoms in total. The highest BCUT2D eigenvalue weighted by molar-refractivity contribution is 6.80. The Kier molecular flexibility index (Phi) is 7.91. The summed E-state index contributed by atoms with van der Waals surface area (Å²) in [5.74, 6) is 0.426. The molecule has 4 aromatic heterocycles. The monoisotopic (exact) mass is 628 g/mol. The van der Waals surface area contributed by atoms with Gasteiger partial charge in [-0.3, -0.25) is 9.59 Å². The topological polar surface area (TPSA) is 84.0 Å². The van der Waals surface area contributed by atoms with Crippen molar-refractivity contribution in [3.63, 3.8) is 0 Å². The molecule has 0 aliphatic carbocycles. The molecule has 2 amide bonds. The molecule has 45 heavy (non-hydrogen) atoms. The van der Waals surface area contributed by atoms with Crippen LogP contribution in [0.4, 0.5) is 0 Å². The van der Waals surface area contributed by atoms with E-state index in [0.717, 1.165) is 22.7 Å². The Morgan fingerprint density at radius 3 is 1.58 bits per heavy atom. The number of pyridine rings is 2. The van der Waals surface area contributed by atoms with E-state index >= 15 is 0 Å². The number of rotatable bonds is 3. The number of hydrogen-bond donors (Lipinski definition) is 1. The lowest BCUT2D eigenvalue weighted by Gasteiger charge is -2.57. The van der Waals surface area contributed by atoms with Crippen LogP contribution in [0, 0.1) is 11.8 Å². The largest absolute Gasteiger partial charge is 0.360 e. The van der Waals surface area contributed by atoms with E-state index in [0.29, 0.717) is 0 Å². The highest BCUT2D eigenvalue weighted by Crippen LogP contribution is 2.50. The third-order valence-electron chi connectivity index (χ3n) is 10.3. The van der Waals surface area contributed by atoms with Crippen molar-refractivity contribution in [3.05, 3.63) is 71.6 Å². The number of aromatic nitrogens is 4. The van der Waals surface area contributed by atoms with E-state index in [-0.39, 0.29) is 51.6 Å². The molecule has 9 heteroatoms. The molecule has 0 spiro atoms. The Labute approximate surface area is 269 Å². The van der Waals surface area contributed by atoms with Crippen LogP contribution in [-0.2, 0) is 20.4 Å². The van der Waals surface area contributed by atoms with Crippen LogP contribution in [0.3, 0.4) is 0 Å². The van der Waals surface area contributed by atoms with Gasteiger partial charge in [0.25, 0.3) is 0 Å². The molecule has 2 aliphatic rings. The van der Waals surface area contributed by atoms with Crippen LogP contribution in [0.25, 0.3) is 11.3 Å². The molecule has 6 rings (SSSR count). The summed E-state index contributed by atoms with van der Waals surface area (Å²) in [5, 5.41) is 3.02. The fraction of sp³-hybridized carbons (Fsp3) is 0.556. The molecule has 0 aromatic carbocycles. The zero-order valence-electron chi connectivity index (χ0n) is 29.5. The Hall–Kier alpha value is -3.46. The normalized spacial score (nSPS) is 22.6. The van der Waals surface area contributed by atoms with Crippen LogP contribution >= 0.6 is 0 Å². The number of nitrogens with zero attached hydrogens (tertiary/aromatic N) is 5. The van der Waals surface area contributed by atoms with E-state index in [2.05, 4.69) is 131 Å². The van der Waals surface area contributed by atoms with Crippen molar-refractivity contribution >= 4 is 31.3 Å². The van der Waals surface area contributed by atoms with Gasteiger partial charge in [-0.25, -0.2) is 9.97 Å². The molecule has 0 saturated carbocycles. The zero-order valence-corrected chi connectivity index (χ0v) is 30.5. The summed E-state index contributed by atoms with van der Waals surface area (Å²) in [6.45, 7) is 28.6. The molecule has 0 bridgehead atoms. The van der Waals surface area contributed by atoms with E-state index in [9.17, 15) is 9.59 Å². The standard InChI is InChI=1S/C21H33N3OSi.C15H19N3O/c1-14-18(24(19(14)25)26(8,9)21(5,6)7)16-13-23-12-15(20(2,3)4)10-11-17(23)22-16;1-9-13(17-14(9)19)11-8-18-7-10(15(2,3)4)5-6-12(18)16-11/h10-14,18H,1-9H3;5-9,13H,1-4H3,(H,17,19)/t14-,18+;9-,13+/m11/s1. The van der Waals surface area contributed by atoms with Gasteiger partial charge in [0.15, 0.2) is 8.24 Å². The maximum atomic E-state index is 12.8. The predicted octanol–water partition coefficient (Wildman–Crippen LogP) is 7.60. The lowest BCUT2D eigenvalue weighted by molar-refractivity contribution is -0.147. The molecule has 0 unspecified atom stereocenters. The second-order valence-corrected chi connectivity index (χ2v) is 21.8. The van der Waals surface area contributed by atoms with Gasteiger partial charge in [0.2, 0.25) is 11.8 Å². The molecule has 0 radical (unpaired) electrons. The van der Waals surface area contributed by atoms with E-state index < -0.39 is 8.24 Å². The second-order valence-electron chi connectivity index (χ2n) is 16.7. The lowest BCUT2D eigenvalue weighted by atomic mass is 9.88. The summed E-state index contributed by atoms with van der Waals surface area (Å²) < 4.78 is 6.35. The Bertz CT molecular complexity index is 1760. The number of nitrogens with one attached hydrogen (secondary N) is 1. The summed E-state index contributed by atoms with van der Waals surface area (Å²) >= 11 is 0. The van der Waals surface area contributed by atoms with Crippen molar-refractivity contribution in [1.29, 1.82) is 0 Å². The van der Waals surface area contributed by atoms with Gasteiger partial charge in [0.05, 0.1) is 35.3 Å². The SMILES string of the molecule is C[C@H]1C(=O)N([Si](C)(C)C(C)(C)C)[C@@H]1c1cn2cc(C(C)(C)C)ccc2n1.C[C@H]1C(=O)N[C@@H]1c1cn2cc(C(C)(C)C)ccc2n1. The molecular weight excluding hydrogens is 577 g/mol. The number of carbonyl (C=O) groups is 2. The minimum atomic E-state index is -1.93. The fourth-order valence-corrected chi connectivity index (χ4v) is 8.53. The van der Waals surface area contributed by atoms with Gasteiger partial charge >= 0.3 is 0 Å². The molecule has 1 N–H and O–H groups in total. The van der Waals surface area contributed by atoms with Gasteiger partial charge in [-0.1, -0.05) is 101 Å². The zero-order chi connectivity index (χ0) is 33.4. The maximum Gasteiger partial charge on any atom is 0.225 e. The molecule has 6 heterocycles. The molecular formula is C36H52N6O2Si. The highest BCUT2D eigenvalue weighted by atomic mass is 28.3. The van der Waals surface area contributed by atoms with Crippen molar-refractivity contribution in [3.8, 4) is 0 Å². The van der Waals surface area contributed by atoms with Crippen molar-refractivity contribution in [2.45, 2.75) is 117 Å². The number of amides is 2. The first kappa shape index (κ1) is 32.9. The summed E-state index contributed by atoms with van der Waals surface area (Å²) in [6, 6.07) is 8.57. The van der Waals surface area contributed by atoms with Crippen molar-refractivity contribution < 1.29 is 9.59 Å². The van der Waals surface area contributed by atoms with Gasteiger partial charge in [-0.05, 0) is 39.1 Å². The van der Waals surface area contributed by atoms with Crippen LogP contribution in [0.1, 0.15) is 111 Å². The number of hydrogen-bond acceptors (Lipinski definition) is 4. The van der Waals surface area contributed by atoms with Crippen LogP contribution < -0.4 is 5.32 Å². The van der Waals surface area contributed by atoms with E-state index in [1.807, 2.05) is 30.5 Å². The average molecular weight is 629 g/mol. The Morgan fingerprint density at radius 2 is 1.16 bits per heavy atom. The van der Waals surface area contributed by atoms with Gasteiger partial charge < -0.3 is 18.7 Å². The quantitative estimate of drug-likeness (QED) is 0.187.